The summed E-state index contributed by atoms with van der Waals surface area (Å²) in [4.78, 5) is 12.0. The molecule has 0 spiro atoms. The van der Waals surface area contributed by atoms with Gasteiger partial charge in [0.2, 0.25) is 0 Å². The highest BCUT2D eigenvalue weighted by molar-refractivity contribution is 6.31. The van der Waals surface area contributed by atoms with E-state index in [1.807, 2.05) is 6.92 Å². The van der Waals surface area contributed by atoms with E-state index in [1.54, 1.807) is 18.2 Å². The lowest BCUT2D eigenvalue weighted by molar-refractivity contribution is 0.0945. The van der Waals surface area contributed by atoms with E-state index in [0.29, 0.717) is 34.7 Å². The molecule has 0 aromatic heterocycles. The third-order valence-electron chi connectivity index (χ3n) is 2.62. The van der Waals surface area contributed by atoms with Crippen LogP contribution in [0.3, 0.4) is 0 Å². The molecule has 0 aliphatic carbocycles. The number of benzene rings is 1. The standard InChI is InChI=1S/C13H17Cl2NO2/c1-9(5-6-14)8-16-13(17)11-7-10(15)3-4-12(11)18-2/h3-4,7,9H,5-6,8H2,1-2H3,(H,16,17). The smallest absolute Gasteiger partial charge is 0.255 e. The van der Waals surface area contributed by atoms with Crippen LogP contribution in [0, 0.1) is 5.92 Å². The van der Waals surface area contributed by atoms with E-state index < -0.39 is 0 Å². The highest BCUT2D eigenvalue weighted by Crippen LogP contribution is 2.22. The molecule has 100 valence electrons. The van der Waals surface area contributed by atoms with Gasteiger partial charge < -0.3 is 10.1 Å². The number of hydrogen-bond donors (Lipinski definition) is 1. The molecule has 0 fully saturated rings. The number of carbonyl (C=O) groups excluding carboxylic acids is 1. The van der Waals surface area contributed by atoms with E-state index in [9.17, 15) is 4.79 Å². The van der Waals surface area contributed by atoms with Gasteiger partial charge in [0.1, 0.15) is 5.75 Å². The molecule has 3 nitrogen and oxygen atoms in total. The van der Waals surface area contributed by atoms with Gasteiger partial charge in [-0.05, 0) is 30.5 Å². The van der Waals surface area contributed by atoms with E-state index in [-0.39, 0.29) is 5.91 Å². The Morgan fingerprint density at radius 2 is 2.22 bits per heavy atom. The molecular formula is C13H17Cl2NO2. The largest absolute Gasteiger partial charge is 0.496 e. The predicted octanol–water partition coefficient (Wildman–Crippen LogP) is 3.34. The second kappa shape index (κ2) is 7.49. The first kappa shape index (κ1) is 15.1. The maximum absolute atomic E-state index is 12.0. The van der Waals surface area contributed by atoms with Crippen molar-refractivity contribution in [3.63, 3.8) is 0 Å². The van der Waals surface area contributed by atoms with Gasteiger partial charge in [-0.1, -0.05) is 18.5 Å². The monoisotopic (exact) mass is 289 g/mol. The van der Waals surface area contributed by atoms with Gasteiger partial charge in [-0.2, -0.15) is 0 Å². The van der Waals surface area contributed by atoms with Crippen LogP contribution >= 0.6 is 23.2 Å². The first-order valence-electron chi connectivity index (χ1n) is 5.76. The molecule has 1 atom stereocenters. The van der Waals surface area contributed by atoms with Crippen molar-refractivity contribution in [3.05, 3.63) is 28.8 Å². The Morgan fingerprint density at radius 3 is 2.83 bits per heavy atom. The molecule has 1 amide bonds. The Morgan fingerprint density at radius 1 is 1.50 bits per heavy atom. The number of nitrogens with one attached hydrogen (secondary N) is 1. The minimum Gasteiger partial charge on any atom is -0.496 e. The van der Waals surface area contributed by atoms with Crippen molar-refractivity contribution in [3.8, 4) is 5.75 Å². The SMILES string of the molecule is COc1ccc(Cl)cc1C(=O)NCC(C)CCCl. The molecule has 0 radical (unpaired) electrons. The van der Waals surface area contributed by atoms with Crippen molar-refractivity contribution in [2.75, 3.05) is 19.5 Å². The molecule has 1 N–H and O–H groups in total. The zero-order valence-corrected chi connectivity index (χ0v) is 12.0. The maximum Gasteiger partial charge on any atom is 0.255 e. The Hall–Kier alpha value is -0.930. The summed E-state index contributed by atoms with van der Waals surface area (Å²) in [5.74, 6) is 1.27. The van der Waals surface area contributed by atoms with Crippen LogP contribution in [-0.4, -0.2) is 25.4 Å². The average molecular weight is 290 g/mol. The fraction of sp³-hybridized carbons (Fsp3) is 0.462. The van der Waals surface area contributed by atoms with Crippen molar-refractivity contribution < 1.29 is 9.53 Å². The number of ether oxygens (including phenoxy) is 1. The summed E-state index contributed by atoms with van der Waals surface area (Å²) in [6.45, 7) is 2.62. The quantitative estimate of drug-likeness (QED) is 0.816. The van der Waals surface area contributed by atoms with Gasteiger partial charge in [0.15, 0.2) is 0 Å². The summed E-state index contributed by atoms with van der Waals surface area (Å²) < 4.78 is 5.14. The molecule has 0 aliphatic heterocycles. The molecule has 1 unspecified atom stereocenters. The van der Waals surface area contributed by atoms with E-state index in [1.165, 1.54) is 7.11 Å². The molecule has 0 bridgehead atoms. The highest BCUT2D eigenvalue weighted by atomic mass is 35.5. The molecule has 0 heterocycles. The van der Waals surface area contributed by atoms with E-state index in [2.05, 4.69) is 5.32 Å². The topological polar surface area (TPSA) is 38.3 Å². The lowest BCUT2D eigenvalue weighted by Crippen LogP contribution is -2.28. The first-order chi connectivity index (χ1) is 8.58. The molecule has 1 aromatic rings. The van der Waals surface area contributed by atoms with Crippen molar-refractivity contribution in [2.45, 2.75) is 13.3 Å². The van der Waals surface area contributed by atoms with Crippen LogP contribution in [0.15, 0.2) is 18.2 Å². The van der Waals surface area contributed by atoms with E-state index >= 15 is 0 Å². The van der Waals surface area contributed by atoms with Gasteiger partial charge in [-0.25, -0.2) is 0 Å². The minimum atomic E-state index is -0.184. The fourth-order valence-electron chi connectivity index (χ4n) is 1.51. The Bertz CT molecular complexity index is 410. The third-order valence-corrected chi connectivity index (χ3v) is 3.07. The Balaban J connectivity index is 2.68. The van der Waals surface area contributed by atoms with Crippen LogP contribution in [-0.2, 0) is 0 Å². The zero-order chi connectivity index (χ0) is 13.5. The predicted molar refractivity (Wildman–Crippen MR) is 74.8 cm³/mol. The molecule has 0 saturated heterocycles. The fourth-order valence-corrected chi connectivity index (χ4v) is 2.05. The minimum absolute atomic E-state index is 0.184. The number of methoxy groups -OCH3 is 1. The van der Waals surface area contributed by atoms with Crippen LogP contribution in [0.2, 0.25) is 5.02 Å². The van der Waals surface area contributed by atoms with Crippen LogP contribution in [0.1, 0.15) is 23.7 Å². The van der Waals surface area contributed by atoms with Crippen LogP contribution in [0.5, 0.6) is 5.75 Å². The summed E-state index contributed by atoms with van der Waals surface area (Å²) in [5.41, 5.74) is 0.447. The van der Waals surface area contributed by atoms with Crippen LogP contribution in [0.25, 0.3) is 0 Å². The lowest BCUT2D eigenvalue weighted by Gasteiger charge is -2.13. The normalized spacial score (nSPS) is 12.0. The molecule has 0 aliphatic rings. The molecule has 18 heavy (non-hydrogen) atoms. The first-order valence-corrected chi connectivity index (χ1v) is 6.67. The van der Waals surface area contributed by atoms with Gasteiger partial charge in [-0.3, -0.25) is 4.79 Å². The van der Waals surface area contributed by atoms with Crippen LogP contribution < -0.4 is 10.1 Å². The summed E-state index contributed by atoms with van der Waals surface area (Å²) in [6.07, 6.45) is 0.870. The second-order valence-corrected chi connectivity index (χ2v) is 4.95. The van der Waals surface area contributed by atoms with Crippen molar-refractivity contribution in [1.29, 1.82) is 0 Å². The summed E-state index contributed by atoms with van der Waals surface area (Å²) >= 11 is 11.5. The Kier molecular flexibility index (Phi) is 6.30. The van der Waals surface area contributed by atoms with Gasteiger partial charge in [0.25, 0.3) is 5.91 Å². The number of rotatable bonds is 6. The summed E-state index contributed by atoms with van der Waals surface area (Å²) in [7, 11) is 1.52. The van der Waals surface area contributed by atoms with Gasteiger partial charge in [-0.15, -0.1) is 11.6 Å². The lowest BCUT2D eigenvalue weighted by atomic mass is 10.1. The number of amides is 1. The number of carbonyl (C=O) groups is 1. The molecule has 0 saturated carbocycles. The molecular weight excluding hydrogens is 273 g/mol. The Labute approximate surface area is 117 Å². The van der Waals surface area contributed by atoms with Crippen molar-refractivity contribution in [2.24, 2.45) is 5.92 Å². The van der Waals surface area contributed by atoms with Gasteiger partial charge >= 0.3 is 0 Å². The summed E-state index contributed by atoms with van der Waals surface area (Å²) in [6, 6.07) is 4.97. The van der Waals surface area contributed by atoms with Gasteiger partial charge in [0.05, 0.1) is 12.7 Å². The zero-order valence-electron chi connectivity index (χ0n) is 10.5. The van der Waals surface area contributed by atoms with Gasteiger partial charge in [0, 0.05) is 17.4 Å². The third kappa shape index (κ3) is 4.39. The number of alkyl halides is 1. The number of hydrogen-bond acceptors (Lipinski definition) is 2. The van der Waals surface area contributed by atoms with E-state index in [0.717, 1.165) is 6.42 Å². The van der Waals surface area contributed by atoms with Crippen molar-refractivity contribution >= 4 is 29.1 Å². The number of halogens is 2. The molecule has 1 aromatic carbocycles. The molecule has 5 heteroatoms. The highest BCUT2D eigenvalue weighted by Gasteiger charge is 2.13. The average Bonchev–Trinajstić information content (AvgIpc) is 2.36. The van der Waals surface area contributed by atoms with Crippen LogP contribution in [0.4, 0.5) is 0 Å². The molecule has 1 rings (SSSR count). The summed E-state index contributed by atoms with van der Waals surface area (Å²) in [5, 5.41) is 3.36. The van der Waals surface area contributed by atoms with E-state index in [4.69, 9.17) is 27.9 Å². The second-order valence-electron chi connectivity index (χ2n) is 4.14. The van der Waals surface area contributed by atoms with Crippen molar-refractivity contribution in [1.82, 2.24) is 5.32 Å². The maximum atomic E-state index is 12.0.